The van der Waals surface area contributed by atoms with Crippen LogP contribution in [0.15, 0.2) is 42.6 Å². The number of anilines is 1. The predicted molar refractivity (Wildman–Crippen MR) is 143 cm³/mol. The van der Waals surface area contributed by atoms with Gasteiger partial charge in [-0.05, 0) is 76.8 Å². The van der Waals surface area contributed by atoms with Gasteiger partial charge in [-0.3, -0.25) is 14.5 Å². The molecule has 1 atom stereocenters. The molecule has 1 saturated heterocycles. The normalized spacial score (nSPS) is 15.7. The van der Waals surface area contributed by atoms with Gasteiger partial charge in [0.25, 0.3) is 11.8 Å². The lowest BCUT2D eigenvalue weighted by molar-refractivity contribution is 0.00821. The molecule has 0 radical (unpaired) electrons. The number of likely N-dealkylation sites (tertiary alicyclic amines) is 1. The van der Waals surface area contributed by atoms with Crippen molar-refractivity contribution in [3.63, 3.8) is 0 Å². The molecule has 11 nitrogen and oxygen atoms in total. The Morgan fingerprint density at radius 2 is 1.82 bits per heavy atom. The number of carbonyl (C=O) groups is 3. The number of carbonyl (C=O) groups excluding carboxylic acids is 3. The lowest BCUT2D eigenvalue weighted by Gasteiger charge is -2.36. The van der Waals surface area contributed by atoms with Gasteiger partial charge >= 0.3 is 6.09 Å². The average molecular weight is 520 g/mol. The smallest absolute Gasteiger partial charge is 0.410 e. The van der Waals surface area contributed by atoms with Crippen molar-refractivity contribution in [2.45, 2.75) is 58.6 Å². The van der Waals surface area contributed by atoms with Gasteiger partial charge in [0.2, 0.25) is 0 Å². The van der Waals surface area contributed by atoms with Crippen LogP contribution in [0.25, 0.3) is 11.3 Å². The predicted octanol–water partition coefficient (Wildman–Crippen LogP) is 3.78. The molecule has 1 aliphatic rings. The van der Waals surface area contributed by atoms with Gasteiger partial charge in [-0.2, -0.15) is 0 Å². The molecule has 0 spiro atoms. The van der Waals surface area contributed by atoms with Crippen LogP contribution in [0.3, 0.4) is 0 Å². The van der Waals surface area contributed by atoms with E-state index in [0.717, 1.165) is 23.1 Å². The summed E-state index contributed by atoms with van der Waals surface area (Å²) in [4.78, 5) is 48.5. The third kappa shape index (κ3) is 5.77. The molecule has 0 saturated carbocycles. The lowest BCUT2D eigenvalue weighted by Crippen LogP contribution is -2.43. The van der Waals surface area contributed by atoms with E-state index in [4.69, 9.17) is 16.3 Å². The van der Waals surface area contributed by atoms with Crippen molar-refractivity contribution in [2.75, 3.05) is 17.7 Å². The maximum atomic E-state index is 12.9. The fraction of sp³-hybridized carbons (Fsp3) is 0.370. The van der Waals surface area contributed by atoms with Gasteiger partial charge in [0, 0.05) is 23.9 Å². The second kappa shape index (κ2) is 10.5. The van der Waals surface area contributed by atoms with E-state index >= 15 is 0 Å². The molecule has 0 unspecified atom stereocenters. The Kier molecular flexibility index (Phi) is 7.38. The molecular weight excluding hydrogens is 486 g/mol. The molecule has 1 fully saturated rings. The largest absolute Gasteiger partial charge is 0.444 e. The van der Waals surface area contributed by atoms with E-state index in [1.54, 1.807) is 62.2 Å². The van der Waals surface area contributed by atoms with Crippen molar-refractivity contribution in [3.05, 3.63) is 65.2 Å². The molecule has 1 aromatic carbocycles. The number of primary amides is 1. The number of hydrogen-bond donors (Lipinski definition) is 3. The third-order valence-corrected chi connectivity index (χ3v) is 6.18. The molecule has 3 heterocycles. The number of nitrogen functional groups attached to an aromatic ring is 1. The Bertz CT molecular complexity index is 1360. The minimum absolute atomic E-state index is 0.0101. The summed E-state index contributed by atoms with van der Waals surface area (Å²) in [5.74, 6) is 6.04. The minimum Gasteiger partial charge on any atom is -0.444 e. The summed E-state index contributed by atoms with van der Waals surface area (Å²) < 4.78 is 6.76. The Balaban J connectivity index is 1.64. The van der Waals surface area contributed by atoms with E-state index in [9.17, 15) is 14.4 Å². The van der Waals surface area contributed by atoms with E-state index in [-0.39, 0.29) is 17.3 Å². The summed E-state index contributed by atoms with van der Waals surface area (Å²) in [5.41, 5.74) is 7.24. The molecule has 38 heavy (non-hydrogen) atoms. The van der Waals surface area contributed by atoms with Crippen molar-refractivity contribution < 1.29 is 19.1 Å². The monoisotopic (exact) mass is 519 g/mol. The molecule has 11 heteroatoms. The van der Waals surface area contributed by atoms with Crippen LogP contribution >= 0.6 is 0 Å². The number of amides is 3. The zero-order chi connectivity index (χ0) is 27.6. The van der Waals surface area contributed by atoms with Gasteiger partial charge < -0.3 is 21.6 Å². The Morgan fingerprint density at radius 3 is 2.45 bits per heavy atom. The molecule has 2 aromatic heterocycles. The number of nitrogens with zero attached hydrogens (tertiary/aromatic N) is 4. The van der Waals surface area contributed by atoms with Crippen molar-refractivity contribution in [1.82, 2.24) is 19.5 Å². The lowest BCUT2D eigenvalue weighted by atomic mass is 10.0. The topological polar surface area (TPSA) is 158 Å². The van der Waals surface area contributed by atoms with E-state index in [1.807, 2.05) is 13.0 Å². The Morgan fingerprint density at radius 1 is 1.11 bits per heavy atom. The van der Waals surface area contributed by atoms with Crippen molar-refractivity contribution in [2.24, 2.45) is 5.73 Å². The number of hydrogen-bond acceptors (Lipinski definition) is 7. The van der Waals surface area contributed by atoms with E-state index in [1.165, 1.54) is 0 Å². The molecular formula is C27H33N7O4. The number of imidazole rings is 1. The maximum Gasteiger partial charge on any atom is 0.410 e. The number of pyridine rings is 1. The van der Waals surface area contributed by atoms with Crippen LogP contribution < -0.4 is 16.9 Å². The summed E-state index contributed by atoms with van der Waals surface area (Å²) in [6, 6.07) is 9.70. The van der Waals surface area contributed by atoms with Gasteiger partial charge in [0.05, 0.1) is 6.04 Å². The first-order valence-electron chi connectivity index (χ1n) is 12.5. The Labute approximate surface area is 221 Å². The van der Waals surface area contributed by atoms with Gasteiger partial charge in [-0.1, -0.05) is 12.1 Å². The fourth-order valence-electron chi connectivity index (χ4n) is 4.43. The quantitative estimate of drug-likeness (QED) is 0.433. The van der Waals surface area contributed by atoms with Crippen LogP contribution in [0.4, 0.5) is 10.6 Å². The van der Waals surface area contributed by atoms with E-state index < -0.39 is 23.6 Å². The van der Waals surface area contributed by atoms with Crippen LogP contribution in [0.5, 0.6) is 0 Å². The first kappa shape index (κ1) is 26.6. The highest BCUT2D eigenvalue weighted by molar-refractivity contribution is 6.04. The van der Waals surface area contributed by atoms with Crippen molar-refractivity contribution in [1.29, 1.82) is 0 Å². The standard InChI is InChI=1S/C27H33N7O4/c1-16-12-13-30-20(15-16)31-25(36)18-10-8-17(9-11-18)21-22(23(28)35)34(29)24(32-21)19-7-5-6-14-33(19)26(37)38-27(2,3)4/h8-13,15,19H,5-7,14,29H2,1-4H3,(H2,28,35)(H,30,31,36)/t19-/m0/s1. The number of aryl methyl sites for hydroxylation is 1. The summed E-state index contributed by atoms with van der Waals surface area (Å²) in [6.45, 7) is 7.80. The zero-order valence-electron chi connectivity index (χ0n) is 22.0. The summed E-state index contributed by atoms with van der Waals surface area (Å²) >= 11 is 0. The highest BCUT2D eigenvalue weighted by Crippen LogP contribution is 2.34. The Hall–Kier alpha value is -4.41. The van der Waals surface area contributed by atoms with E-state index in [2.05, 4.69) is 15.3 Å². The minimum atomic E-state index is -0.756. The van der Waals surface area contributed by atoms with Crippen molar-refractivity contribution >= 4 is 23.7 Å². The van der Waals surface area contributed by atoms with Crippen LogP contribution in [0.2, 0.25) is 0 Å². The highest BCUT2D eigenvalue weighted by atomic mass is 16.6. The van der Waals surface area contributed by atoms with Crippen LogP contribution in [-0.2, 0) is 4.74 Å². The average Bonchev–Trinajstić information content (AvgIpc) is 3.20. The second-order valence-electron chi connectivity index (χ2n) is 10.3. The zero-order valence-corrected chi connectivity index (χ0v) is 22.0. The number of aromatic nitrogens is 3. The first-order chi connectivity index (χ1) is 17.9. The second-order valence-corrected chi connectivity index (χ2v) is 10.3. The number of piperidine rings is 1. The summed E-state index contributed by atoms with van der Waals surface area (Å²) in [5, 5.41) is 2.76. The molecule has 3 amide bonds. The molecule has 3 aromatic rings. The number of nitrogens with one attached hydrogen (secondary N) is 1. The summed E-state index contributed by atoms with van der Waals surface area (Å²) in [6.07, 6.45) is 3.44. The van der Waals surface area contributed by atoms with E-state index in [0.29, 0.717) is 35.7 Å². The molecule has 1 aliphatic heterocycles. The molecule has 0 aliphatic carbocycles. The van der Waals surface area contributed by atoms with Crippen molar-refractivity contribution in [3.8, 4) is 11.3 Å². The van der Waals surface area contributed by atoms with Gasteiger partial charge in [0.15, 0.2) is 11.5 Å². The SMILES string of the molecule is Cc1ccnc(NC(=O)c2ccc(-c3nc([C@@H]4CCCCN4C(=O)OC(C)(C)C)n(N)c3C(N)=O)cc2)c1. The maximum absolute atomic E-state index is 12.9. The van der Waals surface area contributed by atoms with Crippen LogP contribution in [0.1, 0.15) is 78.3 Å². The van der Waals surface area contributed by atoms with Gasteiger partial charge in [0.1, 0.15) is 17.1 Å². The van der Waals surface area contributed by atoms with Gasteiger partial charge in [-0.15, -0.1) is 0 Å². The summed E-state index contributed by atoms with van der Waals surface area (Å²) in [7, 11) is 0. The van der Waals surface area contributed by atoms with Crippen LogP contribution in [-0.4, -0.2) is 49.6 Å². The highest BCUT2D eigenvalue weighted by Gasteiger charge is 2.36. The number of rotatable bonds is 5. The van der Waals surface area contributed by atoms with Crippen LogP contribution in [0, 0.1) is 6.92 Å². The van der Waals surface area contributed by atoms with Gasteiger partial charge in [-0.25, -0.2) is 19.4 Å². The fourth-order valence-corrected chi connectivity index (χ4v) is 4.43. The number of nitrogens with two attached hydrogens (primary N) is 2. The molecule has 200 valence electrons. The molecule has 0 bridgehead atoms. The molecule has 4 rings (SSSR count). The first-order valence-corrected chi connectivity index (χ1v) is 12.5. The third-order valence-electron chi connectivity index (χ3n) is 6.18. The number of benzene rings is 1. The molecule has 5 N–H and O–H groups in total. The number of ether oxygens (including phenoxy) is 1.